The predicted molar refractivity (Wildman–Crippen MR) is 72.1 cm³/mol. The first kappa shape index (κ1) is 17.0. The molecule has 0 atom stereocenters. The summed E-state index contributed by atoms with van der Waals surface area (Å²) in [6.07, 6.45) is -4.62. The number of carbonyl (C=O) groups excluding carboxylic acids is 1. The van der Waals surface area contributed by atoms with E-state index < -0.39 is 33.0 Å². The molecule has 0 radical (unpaired) electrons. The number of halogens is 4. The van der Waals surface area contributed by atoms with Gasteiger partial charge in [0, 0.05) is 0 Å². The Morgan fingerprint density at radius 1 is 1.27 bits per heavy atom. The van der Waals surface area contributed by atoms with Crippen molar-refractivity contribution in [1.29, 1.82) is 0 Å². The third-order valence-electron chi connectivity index (χ3n) is 3.00. The van der Waals surface area contributed by atoms with E-state index in [4.69, 9.17) is 16.4 Å². The molecule has 5 nitrogen and oxygen atoms in total. The molecule has 0 saturated carbocycles. The summed E-state index contributed by atoms with van der Waals surface area (Å²) in [5.74, 6) is -1.49. The third-order valence-corrected chi connectivity index (χ3v) is 4.92. The lowest BCUT2D eigenvalue weighted by Gasteiger charge is -2.20. The van der Waals surface area contributed by atoms with Crippen LogP contribution in [0.2, 0.25) is 5.02 Å². The summed E-state index contributed by atoms with van der Waals surface area (Å²) >= 11 is 5.77. The van der Waals surface area contributed by atoms with Crippen molar-refractivity contribution in [2.75, 3.05) is 24.7 Å². The fraction of sp³-hybridized carbons (Fsp3) is 0.417. The van der Waals surface area contributed by atoms with Crippen LogP contribution in [0.15, 0.2) is 18.2 Å². The van der Waals surface area contributed by atoms with Gasteiger partial charge < -0.3 is 0 Å². The van der Waals surface area contributed by atoms with Gasteiger partial charge in [0.15, 0.2) is 9.84 Å². The van der Waals surface area contributed by atoms with Crippen molar-refractivity contribution in [1.82, 2.24) is 5.06 Å². The highest BCUT2D eigenvalue weighted by molar-refractivity contribution is 7.91. The van der Waals surface area contributed by atoms with Gasteiger partial charge in [0.25, 0.3) is 5.91 Å². The largest absolute Gasteiger partial charge is 0.416 e. The van der Waals surface area contributed by atoms with Gasteiger partial charge in [-0.3, -0.25) is 9.63 Å². The molecule has 0 N–H and O–H groups in total. The number of carbonyl (C=O) groups is 1. The average Bonchev–Trinajstić information content (AvgIpc) is 2.58. The molecule has 0 spiro atoms. The van der Waals surface area contributed by atoms with Crippen LogP contribution in [0.5, 0.6) is 0 Å². The number of hydrogen-bond donors (Lipinski definition) is 0. The van der Waals surface area contributed by atoms with Gasteiger partial charge >= 0.3 is 6.18 Å². The van der Waals surface area contributed by atoms with Crippen LogP contribution in [-0.4, -0.2) is 44.0 Å². The minimum atomic E-state index is -4.62. The molecular formula is C12H11ClF3NO4S. The van der Waals surface area contributed by atoms with Crippen LogP contribution in [0.4, 0.5) is 13.2 Å². The number of alkyl halides is 3. The number of amides is 1. The Bertz CT molecular complexity index is 690. The highest BCUT2D eigenvalue weighted by Gasteiger charge is 2.33. The lowest BCUT2D eigenvalue weighted by molar-refractivity contribution is -0.137. The smallest absolute Gasteiger partial charge is 0.270 e. The first-order valence-electron chi connectivity index (χ1n) is 6.12. The number of benzene rings is 1. The van der Waals surface area contributed by atoms with Gasteiger partial charge in [-0.15, -0.1) is 0 Å². The van der Waals surface area contributed by atoms with Crippen molar-refractivity contribution in [3.8, 4) is 0 Å². The van der Waals surface area contributed by atoms with Gasteiger partial charge in [0.05, 0.1) is 40.8 Å². The topological polar surface area (TPSA) is 63.7 Å². The average molecular weight is 358 g/mol. The fourth-order valence-corrected chi connectivity index (χ4v) is 3.00. The number of sulfone groups is 1. The van der Waals surface area contributed by atoms with E-state index in [-0.39, 0.29) is 29.7 Å². The lowest BCUT2D eigenvalue weighted by Crippen LogP contribution is -2.33. The zero-order chi connectivity index (χ0) is 16.5. The normalized spacial score (nSPS) is 18.8. The molecule has 1 saturated heterocycles. The second-order valence-corrected chi connectivity index (χ2v) is 7.30. The highest BCUT2D eigenvalue weighted by Crippen LogP contribution is 2.32. The first-order valence-corrected chi connectivity index (χ1v) is 8.32. The zero-order valence-corrected chi connectivity index (χ0v) is 12.6. The summed E-state index contributed by atoms with van der Waals surface area (Å²) in [5.41, 5.74) is -1.42. The van der Waals surface area contributed by atoms with Gasteiger partial charge in [-0.2, -0.15) is 13.2 Å². The second-order valence-electron chi connectivity index (χ2n) is 4.58. The lowest BCUT2D eigenvalue weighted by atomic mass is 10.1. The molecule has 1 aromatic carbocycles. The van der Waals surface area contributed by atoms with Crippen molar-refractivity contribution >= 4 is 27.3 Å². The Labute approximate surface area is 129 Å². The molecular weight excluding hydrogens is 347 g/mol. The summed E-state index contributed by atoms with van der Waals surface area (Å²) in [7, 11) is -3.34. The van der Waals surface area contributed by atoms with Gasteiger partial charge in [0.2, 0.25) is 0 Å². The zero-order valence-electron chi connectivity index (χ0n) is 11.1. The molecule has 1 fully saturated rings. The van der Waals surface area contributed by atoms with Crippen molar-refractivity contribution in [3.63, 3.8) is 0 Å². The molecule has 0 bridgehead atoms. The summed E-state index contributed by atoms with van der Waals surface area (Å²) in [6, 6.07) is 2.34. The molecule has 22 heavy (non-hydrogen) atoms. The molecule has 1 amide bonds. The summed E-state index contributed by atoms with van der Waals surface area (Å²) in [6.45, 7) is -0.515. The van der Waals surface area contributed by atoms with Crippen LogP contribution in [0.25, 0.3) is 0 Å². The van der Waals surface area contributed by atoms with E-state index in [0.29, 0.717) is 6.07 Å². The van der Waals surface area contributed by atoms with Crippen LogP contribution >= 0.6 is 11.6 Å². The van der Waals surface area contributed by atoms with Gasteiger partial charge in [-0.05, 0) is 18.2 Å². The van der Waals surface area contributed by atoms with Crippen LogP contribution in [0.3, 0.4) is 0 Å². The molecule has 0 aromatic heterocycles. The molecule has 2 rings (SSSR count). The first-order chi connectivity index (χ1) is 10.1. The number of hydrogen-bond acceptors (Lipinski definition) is 4. The van der Waals surface area contributed by atoms with E-state index >= 15 is 0 Å². The summed E-state index contributed by atoms with van der Waals surface area (Å²) in [5, 5.41) is 0.556. The Balaban J connectivity index is 2.29. The SMILES string of the molecule is O=C(c1cc(C(F)(F)F)ccc1Cl)N1CCS(=O)(=O)CCO1. The third kappa shape index (κ3) is 3.90. The maximum absolute atomic E-state index is 12.7. The Morgan fingerprint density at radius 3 is 2.59 bits per heavy atom. The van der Waals surface area contributed by atoms with Crippen LogP contribution in [0.1, 0.15) is 15.9 Å². The summed E-state index contributed by atoms with van der Waals surface area (Å²) in [4.78, 5) is 17.2. The van der Waals surface area contributed by atoms with Gasteiger partial charge in [-0.25, -0.2) is 13.5 Å². The highest BCUT2D eigenvalue weighted by atomic mass is 35.5. The molecule has 1 aromatic rings. The van der Waals surface area contributed by atoms with E-state index in [1.807, 2.05) is 0 Å². The predicted octanol–water partition coefficient (Wildman–Crippen LogP) is 2.16. The minimum Gasteiger partial charge on any atom is -0.270 e. The fourth-order valence-electron chi connectivity index (χ4n) is 1.82. The number of hydroxylamine groups is 2. The summed E-state index contributed by atoms with van der Waals surface area (Å²) < 4.78 is 60.9. The van der Waals surface area contributed by atoms with Crippen molar-refractivity contribution in [2.24, 2.45) is 0 Å². The van der Waals surface area contributed by atoms with Crippen LogP contribution in [-0.2, 0) is 20.9 Å². The monoisotopic (exact) mass is 357 g/mol. The Hall–Kier alpha value is -1.32. The van der Waals surface area contributed by atoms with E-state index in [9.17, 15) is 26.4 Å². The van der Waals surface area contributed by atoms with Crippen molar-refractivity contribution in [2.45, 2.75) is 6.18 Å². The molecule has 122 valence electrons. The standard InChI is InChI=1S/C12H11ClF3NO4S/c13-10-2-1-8(12(14,15)16)7-9(10)11(18)17-3-5-22(19,20)6-4-21-17/h1-2,7H,3-6H2. The molecule has 10 heteroatoms. The van der Waals surface area contributed by atoms with E-state index in [0.717, 1.165) is 17.2 Å². The Kier molecular flexibility index (Phi) is 4.69. The van der Waals surface area contributed by atoms with Crippen molar-refractivity contribution in [3.05, 3.63) is 34.3 Å². The van der Waals surface area contributed by atoms with E-state index in [1.54, 1.807) is 0 Å². The van der Waals surface area contributed by atoms with Crippen molar-refractivity contribution < 1.29 is 31.2 Å². The van der Waals surface area contributed by atoms with Gasteiger partial charge in [0.1, 0.15) is 0 Å². The van der Waals surface area contributed by atoms with Crippen LogP contribution in [0, 0.1) is 0 Å². The molecule has 0 aliphatic carbocycles. The molecule has 1 heterocycles. The second kappa shape index (κ2) is 6.05. The maximum Gasteiger partial charge on any atom is 0.416 e. The molecule has 0 unspecified atom stereocenters. The molecule has 1 aliphatic heterocycles. The Morgan fingerprint density at radius 2 is 1.95 bits per heavy atom. The number of rotatable bonds is 1. The maximum atomic E-state index is 12.7. The van der Waals surface area contributed by atoms with E-state index in [1.165, 1.54) is 0 Å². The van der Waals surface area contributed by atoms with Crippen LogP contribution < -0.4 is 0 Å². The number of nitrogens with zero attached hydrogens (tertiary/aromatic N) is 1. The van der Waals surface area contributed by atoms with Gasteiger partial charge in [-0.1, -0.05) is 11.6 Å². The van der Waals surface area contributed by atoms with E-state index in [2.05, 4.69) is 0 Å². The molecule has 1 aliphatic rings. The minimum absolute atomic E-state index is 0.172. The quantitative estimate of drug-likeness (QED) is 0.772.